The third-order valence-electron chi connectivity index (χ3n) is 2.32. The molecule has 2 nitrogen and oxygen atoms in total. The van der Waals surface area contributed by atoms with Crippen molar-refractivity contribution in [1.82, 2.24) is 0 Å². The second-order valence-electron chi connectivity index (χ2n) is 3.66. The Morgan fingerprint density at radius 2 is 2.06 bits per heavy atom. The molecule has 0 saturated heterocycles. The number of halogens is 3. The Kier molecular flexibility index (Phi) is 4.00. The first kappa shape index (κ1) is 13.4. The molecule has 5 heteroatoms. The van der Waals surface area contributed by atoms with Gasteiger partial charge in [-0.2, -0.15) is 18.4 Å². The molecule has 0 aromatic heterocycles. The molecule has 0 aliphatic rings. The number of nitriles is 1. The Morgan fingerprint density at radius 1 is 1.41 bits per heavy atom. The predicted octanol–water partition coefficient (Wildman–Crippen LogP) is 3.75. The summed E-state index contributed by atoms with van der Waals surface area (Å²) in [6, 6.07) is 4.98. The average Bonchev–Trinajstić information content (AvgIpc) is 2.28. The molecule has 0 unspecified atom stereocenters. The van der Waals surface area contributed by atoms with Gasteiger partial charge < -0.3 is 4.74 Å². The van der Waals surface area contributed by atoms with E-state index in [4.69, 9.17) is 10.00 Å². The molecule has 0 bridgehead atoms. The van der Waals surface area contributed by atoms with E-state index in [1.807, 2.05) is 6.92 Å². The van der Waals surface area contributed by atoms with Crippen LogP contribution in [0.1, 0.15) is 31.4 Å². The van der Waals surface area contributed by atoms with Gasteiger partial charge >= 0.3 is 6.18 Å². The fraction of sp³-hybridized carbons (Fsp3) is 0.417. The number of rotatable bonds is 3. The van der Waals surface area contributed by atoms with Crippen LogP contribution in [0.4, 0.5) is 13.2 Å². The van der Waals surface area contributed by atoms with E-state index in [0.29, 0.717) is 6.42 Å². The van der Waals surface area contributed by atoms with Gasteiger partial charge in [0.05, 0.1) is 23.3 Å². The summed E-state index contributed by atoms with van der Waals surface area (Å²) in [5.74, 6) is -0.231. The highest BCUT2D eigenvalue weighted by Crippen LogP contribution is 2.37. The molecule has 1 rings (SSSR count). The van der Waals surface area contributed by atoms with Crippen LogP contribution < -0.4 is 4.74 Å². The van der Waals surface area contributed by atoms with Gasteiger partial charge in [-0.1, -0.05) is 6.92 Å². The van der Waals surface area contributed by atoms with Crippen molar-refractivity contribution >= 4 is 0 Å². The Bertz CT molecular complexity index is 434. The third kappa shape index (κ3) is 3.38. The van der Waals surface area contributed by atoms with Crippen LogP contribution >= 0.6 is 0 Å². The lowest BCUT2D eigenvalue weighted by atomic mass is 10.1. The quantitative estimate of drug-likeness (QED) is 0.809. The minimum atomic E-state index is -4.52. The van der Waals surface area contributed by atoms with Crippen molar-refractivity contribution in [3.05, 3.63) is 29.3 Å². The molecule has 0 aliphatic carbocycles. The first-order chi connectivity index (χ1) is 7.88. The molecular weight excluding hydrogens is 231 g/mol. The van der Waals surface area contributed by atoms with Crippen LogP contribution in [0.5, 0.6) is 5.75 Å². The van der Waals surface area contributed by atoms with Crippen molar-refractivity contribution in [2.24, 2.45) is 0 Å². The van der Waals surface area contributed by atoms with Crippen molar-refractivity contribution in [1.29, 1.82) is 5.26 Å². The third-order valence-corrected chi connectivity index (χ3v) is 2.32. The molecule has 0 spiro atoms. The molecule has 0 saturated carbocycles. The summed E-state index contributed by atoms with van der Waals surface area (Å²) in [5.41, 5.74) is -0.939. The molecule has 0 amide bonds. The van der Waals surface area contributed by atoms with Gasteiger partial charge in [0.25, 0.3) is 0 Å². The number of benzene rings is 1. The van der Waals surface area contributed by atoms with Crippen molar-refractivity contribution in [2.45, 2.75) is 32.5 Å². The standard InChI is InChI=1S/C12H12F3NO/c1-3-8(2)17-11-5-4-9(7-16)6-10(11)12(13,14)15/h4-6,8H,3H2,1-2H3/t8-/m0/s1. The highest BCUT2D eigenvalue weighted by molar-refractivity contribution is 5.43. The molecule has 1 aromatic rings. The monoisotopic (exact) mass is 243 g/mol. The second-order valence-corrected chi connectivity index (χ2v) is 3.66. The summed E-state index contributed by atoms with van der Waals surface area (Å²) in [5, 5.41) is 8.59. The molecular formula is C12H12F3NO. The van der Waals surface area contributed by atoms with Crippen LogP contribution in [-0.2, 0) is 6.18 Å². The van der Waals surface area contributed by atoms with Crippen LogP contribution in [0.15, 0.2) is 18.2 Å². The van der Waals surface area contributed by atoms with E-state index in [9.17, 15) is 13.2 Å². The number of nitrogens with zero attached hydrogens (tertiary/aromatic N) is 1. The summed E-state index contributed by atoms with van der Waals surface area (Å²) in [6.07, 6.45) is -4.21. The summed E-state index contributed by atoms with van der Waals surface area (Å²) in [4.78, 5) is 0. The van der Waals surface area contributed by atoms with Gasteiger partial charge in [-0.25, -0.2) is 0 Å². The summed E-state index contributed by atoms with van der Waals surface area (Å²) < 4.78 is 43.4. The molecule has 1 aromatic carbocycles. The lowest BCUT2D eigenvalue weighted by Crippen LogP contribution is -2.15. The van der Waals surface area contributed by atoms with Crippen molar-refractivity contribution < 1.29 is 17.9 Å². The van der Waals surface area contributed by atoms with Crippen LogP contribution in [0.2, 0.25) is 0 Å². The van der Waals surface area contributed by atoms with Crippen molar-refractivity contribution in [2.75, 3.05) is 0 Å². The topological polar surface area (TPSA) is 33.0 Å². The number of hydrogen-bond acceptors (Lipinski definition) is 2. The van der Waals surface area contributed by atoms with E-state index in [1.54, 1.807) is 13.0 Å². The van der Waals surface area contributed by atoms with Gasteiger partial charge in [0.15, 0.2) is 0 Å². The highest BCUT2D eigenvalue weighted by Gasteiger charge is 2.35. The fourth-order valence-electron chi connectivity index (χ4n) is 1.22. The van der Waals surface area contributed by atoms with Crippen LogP contribution in [0.25, 0.3) is 0 Å². The van der Waals surface area contributed by atoms with Gasteiger partial charge in [0.1, 0.15) is 5.75 Å². The summed E-state index contributed by atoms with van der Waals surface area (Å²) in [7, 11) is 0. The van der Waals surface area contributed by atoms with Gasteiger partial charge in [0, 0.05) is 0 Å². The molecule has 0 radical (unpaired) electrons. The molecule has 0 aliphatic heterocycles. The number of ether oxygens (including phenoxy) is 1. The van der Waals surface area contributed by atoms with Crippen LogP contribution in [0, 0.1) is 11.3 Å². The van der Waals surface area contributed by atoms with E-state index < -0.39 is 11.7 Å². The predicted molar refractivity (Wildman–Crippen MR) is 56.5 cm³/mol. The van der Waals surface area contributed by atoms with E-state index in [2.05, 4.69) is 0 Å². The lowest BCUT2D eigenvalue weighted by Gasteiger charge is -2.17. The van der Waals surface area contributed by atoms with Gasteiger partial charge in [0.2, 0.25) is 0 Å². The van der Waals surface area contributed by atoms with E-state index in [1.165, 1.54) is 12.1 Å². The highest BCUT2D eigenvalue weighted by atomic mass is 19.4. The zero-order valence-corrected chi connectivity index (χ0v) is 9.51. The Balaban J connectivity index is 3.17. The maximum atomic E-state index is 12.7. The zero-order valence-electron chi connectivity index (χ0n) is 9.51. The van der Waals surface area contributed by atoms with Crippen LogP contribution in [-0.4, -0.2) is 6.10 Å². The Labute approximate surface area is 97.6 Å². The molecule has 0 heterocycles. The van der Waals surface area contributed by atoms with Gasteiger partial charge in [-0.15, -0.1) is 0 Å². The molecule has 0 N–H and O–H groups in total. The van der Waals surface area contributed by atoms with Crippen LogP contribution in [0.3, 0.4) is 0 Å². The van der Waals surface area contributed by atoms with Gasteiger partial charge in [-0.3, -0.25) is 0 Å². The molecule has 92 valence electrons. The van der Waals surface area contributed by atoms with Crippen molar-refractivity contribution in [3.63, 3.8) is 0 Å². The summed E-state index contributed by atoms with van der Waals surface area (Å²) in [6.45, 7) is 3.51. The molecule has 17 heavy (non-hydrogen) atoms. The first-order valence-corrected chi connectivity index (χ1v) is 5.16. The number of hydrogen-bond donors (Lipinski definition) is 0. The molecule has 1 atom stereocenters. The minimum absolute atomic E-state index is 0.0335. The van der Waals surface area contributed by atoms with E-state index in [-0.39, 0.29) is 17.4 Å². The minimum Gasteiger partial charge on any atom is -0.490 e. The smallest absolute Gasteiger partial charge is 0.420 e. The maximum Gasteiger partial charge on any atom is 0.420 e. The summed E-state index contributed by atoms with van der Waals surface area (Å²) >= 11 is 0. The Morgan fingerprint density at radius 3 is 2.53 bits per heavy atom. The first-order valence-electron chi connectivity index (χ1n) is 5.16. The van der Waals surface area contributed by atoms with E-state index >= 15 is 0 Å². The lowest BCUT2D eigenvalue weighted by molar-refractivity contribution is -0.139. The normalized spacial score (nSPS) is 12.9. The number of alkyl halides is 3. The van der Waals surface area contributed by atoms with E-state index in [0.717, 1.165) is 6.07 Å². The fourth-order valence-corrected chi connectivity index (χ4v) is 1.22. The SMILES string of the molecule is CC[C@H](C)Oc1ccc(C#N)cc1C(F)(F)F. The van der Waals surface area contributed by atoms with Gasteiger partial charge in [-0.05, 0) is 31.5 Å². The molecule has 0 fully saturated rings. The Hall–Kier alpha value is -1.70. The van der Waals surface area contributed by atoms with Crippen molar-refractivity contribution in [3.8, 4) is 11.8 Å². The maximum absolute atomic E-state index is 12.7. The second kappa shape index (κ2) is 5.09. The zero-order chi connectivity index (χ0) is 13.1. The average molecular weight is 243 g/mol. The largest absolute Gasteiger partial charge is 0.490 e.